The van der Waals surface area contributed by atoms with E-state index in [-0.39, 0.29) is 31.9 Å². The second-order valence-corrected chi connectivity index (χ2v) is 8.59. The summed E-state index contributed by atoms with van der Waals surface area (Å²) in [5.41, 5.74) is -0.714. The maximum atomic E-state index is 12.3. The van der Waals surface area contributed by atoms with Crippen LogP contribution >= 0.6 is 11.3 Å². The smallest absolute Gasteiger partial charge is 0.324 e. The number of nitrogens with one attached hydrogen (secondary N) is 1. The number of hydrogen-bond acceptors (Lipinski definition) is 10. The van der Waals surface area contributed by atoms with E-state index in [2.05, 4.69) is 15.3 Å². The highest BCUT2D eigenvalue weighted by molar-refractivity contribution is 7.16. The van der Waals surface area contributed by atoms with E-state index in [1.54, 1.807) is 24.4 Å². The number of rotatable bonds is 8. The minimum Gasteiger partial charge on any atom is -0.493 e. The van der Waals surface area contributed by atoms with Crippen LogP contribution in [0, 0.1) is 10.1 Å². The van der Waals surface area contributed by atoms with Crippen molar-refractivity contribution in [2.24, 2.45) is 0 Å². The summed E-state index contributed by atoms with van der Waals surface area (Å²) >= 11 is 1.42. The van der Waals surface area contributed by atoms with Crippen LogP contribution in [0.1, 0.15) is 18.4 Å². The number of fused-ring (bicyclic) bond motifs is 1. The number of carboxylic acid groups (broad SMARTS) is 1. The highest BCUT2D eigenvalue weighted by atomic mass is 32.1. The van der Waals surface area contributed by atoms with Gasteiger partial charge >= 0.3 is 5.97 Å². The zero-order chi connectivity index (χ0) is 23.6. The zero-order valence-corrected chi connectivity index (χ0v) is 18.9. The molecule has 4 rings (SSSR count). The fourth-order valence-electron chi connectivity index (χ4n) is 3.98. The highest BCUT2D eigenvalue weighted by Crippen LogP contribution is 2.33. The molecule has 1 aliphatic rings. The molecule has 2 N–H and O–H groups in total. The Hall–Kier alpha value is -3.51. The number of carboxylic acids is 1. The summed E-state index contributed by atoms with van der Waals surface area (Å²) in [6.45, 7) is 0.308. The molecule has 2 aromatic heterocycles. The van der Waals surface area contributed by atoms with Crippen molar-refractivity contribution in [3.05, 3.63) is 51.5 Å². The van der Waals surface area contributed by atoms with Gasteiger partial charge in [0.1, 0.15) is 10.4 Å². The molecule has 1 fully saturated rings. The lowest BCUT2D eigenvalue weighted by atomic mass is 9.85. The monoisotopic (exact) mass is 473 g/mol. The van der Waals surface area contributed by atoms with Crippen LogP contribution in [-0.2, 0) is 11.3 Å². The molecule has 0 amide bonds. The van der Waals surface area contributed by atoms with E-state index >= 15 is 0 Å². The second-order valence-electron chi connectivity index (χ2n) is 7.69. The number of nitro groups is 1. The molecule has 1 aromatic carbocycles. The van der Waals surface area contributed by atoms with Gasteiger partial charge in [0.25, 0.3) is 6.17 Å². The van der Waals surface area contributed by atoms with Gasteiger partial charge in [0.2, 0.25) is 5.95 Å². The van der Waals surface area contributed by atoms with Gasteiger partial charge in [-0.15, -0.1) is 11.3 Å². The maximum absolute atomic E-state index is 12.3. The number of thiophene rings is 1. The Balaban J connectivity index is 1.57. The van der Waals surface area contributed by atoms with E-state index in [0.717, 1.165) is 15.8 Å². The van der Waals surface area contributed by atoms with Crippen LogP contribution in [0.25, 0.3) is 10.2 Å². The first-order valence-corrected chi connectivity index (χ1v) is 11.0. The van der Waals surface area contributed by atoms with Gasteiger partial charge in [-0.1, -0.05) is 6.07 Å². The molecule has 174 valence electrons. The Morgan fingerprint density at radius 1 is 1.36 bits per heavy atom. The normalized spacial score (nSPS) is 20.5. The topological polar surface area (TPSA) is 140 Å². The third-order valence-corrected chi connectivity index (χ3v) is 6.68. The van der Waals surface area contributed by atoms with E-state index in [1.165, 1.54) is 30.5 Å². The molecular formula is C21H23N5O6S. The Morgan fingerprint density at radius 3 is 2.85 bits per heavy atom. The van der Waals surface area contributed by atoms with E-state index in [1.807, 2.05) is 11.4 Å². The van der Waals surface area contributed by atoms with Gasteiger partial charge in [-0.05, 0) is 35.6 Å². The van der Waals surface area contributed by atoms with Crippen molar-refractivity contribution in [1.29, 1.82) is 0 Å². The average Bonchev–Trinajstić information content (AvgIpc) is 3.30. The third kappa shape index (κ3) is 4.39. The lowest BCUT2D eigenvalue weighted by molar-refractivity contribution is -0.526. The molecule has 11 nitrogen and oxygen atoms in total. The van der Waals surface area contributed by atoms with Crippen molar-refractivity contribution in [3.8, 4) is 11.5 Å². The van der Waals surface area contributed by atoms with Gasteiger partial charge in [-0.3, -0.25) is 25.1 Å². The number of aromatic nitrogens is 2. The molecule has 0 saturated carbocycles. The number of ether oxygens (including phenoxy) is 2. The summed E-state index contributed by atoms with van der Waals surface area (Å²) in [6, 6.07) is 7.13. The minimum absolute atomic E-state index is 0.119. The largest absolute Gasteiger partial charge is 0.493 e. The predicted octanol–water partition coefficient (Wildman–Crippen LogP) is 2.52. The molecule has 0 bridgehead atoms. The third-order valence-electron chi connectivity index (χ3n) is 5.85. The van der Waals surface area contributed by atoms with Gasteiger partial charge < -0.3 is 14.6 Å². The number of nitrogens with zero attached hydrogens (tertiary/aromatic N) is 4. The Bertz CT molecular complexity index is 1190. The van der Waals surface area contributed by atoms with Crippen LogP contribution in [0.4, 0.5) is 5.95 Å². The van der Waals surface area contributed by atoms with Gasteiger partial charge in [0.15, 0.2) is 11.5 Å². The number of piperidine rings is 1. The predicted molar refractivity (Wildman–Crippen MR) is 122 cm³/mol. The number of methoxy groups -OCH3 is 2. The molecule has 0 spiro atoms. The van der Waals surface area contributed by atoms with Gasteiger partial charge in [0, 0.05) is 29.6 Å². The summed E-state index contributed by atoms with van der Waals surface area (Å²) in [7, 11) is 3.04. The minimum atomic E-state index is -1.48. The van der Waals surface area contributed by atoms with Crippen LogP contribution in [0.15, 0.2) is 35.8 Å². The Labute approximate surface area is 193 Å². The van der Waals surface area contributed by atoms with E-state index < -0.39 is 22.6 Å². The number of benzene rings is 1. The summed E-state index contributed by atoms with van der Waals surface area (Å²) in [4.78, 5) is 34.7. The molecule has 33 heavy (non-hydrogen) atoms. The quantitative estimate of drug-likeness (QED) is 0.370. The Morgan fingerprint density at radius 2 is 2.15 bits per heavy atom. The lowest BCUT2D eigenvalue weighted by Crippen LogP contribution is -2.63. The van der Waals surface area contributed by atoms with Crippen molar-refractivity contribution in [2.75, 3.05) is 25.7 Å². The molecule has 3 heterocycles. The molecule has 2 atom stereocenters. The van der Waals surface area contributed by atoms with Crippen molar-refractivity contribution in [2.45, 2.75) is 31.1 Å². The molecule has 0 aliphatic carbocycles. The number of hydrogen-bond donors (Lipinski definition) is 2. The van der Waals surface area contributed by atoms with E-state index in [4.69, 9.17) is 9.47 Å². The summed E-state index contributed by atoms with van der Waals surface area (Å²) in [5, 5.41) is 27.8. The van der Waals surface area contributed by atoms with Crippen LogP contribution in [0.3, 0.4) is 0 Å². The maximum Gasteiger partial charge on any atom is 0.324 e. The molecule has 2 unspecified atom stereocenters. The SMILES string of the molecule is COc1ccc(CNC2(C(=O)O)CCN(c3ncc4ccsc4n3)C([N+](=O)[O-])C2)cc1OC. The highest BCUT2D eigenvalue weighted by Gasteiger charge is 2.50. The second kappa shape index (κ2) is 9.16. The van der Waals surface area contributed by atoms with Crippen molar-refractivity contribution < 1.29 is 24.3 Å². The van der Waals surface area contributed by atoms with Crippen LogP contribution < -0.4 is 19.7 Å². The fraction of sp³-hybridized carbons (Fsp3) is 0.381. The Kier molecular flexibility index (Phi) is 6.29. The lowest BCUT2D eigenvalue weighted by Gasteiger charge is -2.40. The first-order chi connectivity index (χ1) is 15.9. The van der Waals surface area contributed by atoms with Crippen molar-refractivity contribution in [1.82, 2.24) is 15.3 Å². The molecule has 1 saturated heterocycles. The number of aliphatic carboxylic acids is 1. The fourth-order valence-corrected chi connectivity index (χ4v) is 4.72. The van der Waals surface area contributed by atoms with Gasteiger partial charge in [0.05, 0.1) is 20.6 Å². The molecule has 3 aromatic rings. The molecule has 0 radical (unpaired) electrons. The van der Waals surface area contributed by atoms with E-state index in [0.29, 0.717) is 11.5 Å². The van der Waals surface area contributed by atoms with E-state index in [9.17, 15) is 20.0 Å². The first kappa shape index (κ1) is 22.7. The zero-order valence-electron chi connectivity index (χ0n) is 18.1. The number of carbonyl (C=O) groups is 1. The molecular weight excluding hydrogens is 450 g/mol. The van der Waals surface area contributed by atoms with Crippen molar-refractivity contribution >= 4 is 33.5 Å². The van der Waals surface area contributed by atoms with Crippen LogP contribution in [-0.4, -0.2) is 58.4 Å². The standard InChI is InChI=1S/C21H23N5O6S/c1-31-15-4-3-13(9-16(15)32-2)11-23-21(19(27)28)6-7-25(17(10-21)26(29)30)20-22-12-14-5-8-33-18(14)24-20/h3-5,8-9,12,17,23H,6-7,10-11H2,1-2H3,(H,27,28). The summed E-state index contributed by atoms with van der Waals surface area (Å²) in [6.07, 6.45) is 0.241. The first-order valence-electron chi connectivity index (χ1n) is 10.2. The van der Waals surface area contributed by atoms with Gasteiger partial charge in [-0.2, -0.15) is 0 Å². The summed E-state index contributed by atoms with van der Waals surface area (Å²) < 4.78 is 10.5. The van der Waals surface area contributed by atoms with Crippen LogP contribution in [0.2, 0.25) is 0 Å². The average molecular weight is 474 g/mol. The van der Waals surface area contributed by atoms with Crippen molar-refractivity contribution in [3.63, 3.8) is 0 Å². The number of anilines is 1. The van der Waals surface area contributed by atoms with Crippen LogP contribution in [0.5, 0.6) is 11.5 Å². The van der Waals surface area contributed by atoms with Gasteiger partial charge in [-0.25, -0.2) is 9.97 Å². The molecule has 1 aliphatic heterocycles. The summed E-state index contributed by atoms with van der Waals surface area (Å²) in [5.74, 6) is 0.161. The molecule has 12 heteroatoms.